The van der Waals surface area contributed by atoms with Gasteiger partial charge in [0.05, 0.1) is 5.41 Å². The summed E-state index contributed by atoms with van der Waals surface area (Å²) in [5.41, 5.74) is 19.1. The molecule has 1 aromatic heterocycles. The van der Waals surface area contributed by atoms with Crippen molar-refractivity contribution in [3.05, 3.63) is 172 Å². The second-order valence-electron chi connectivity index (χ2n) is 14.8. The highest BCUT2D eigenvalue weighted by Crippen LogP contribution is 2.63. The third kappa shape index (κ3) is 4.27. The minimum Gasteiger partial charge on any atom is -0.208 e. The average Bonchev–Trinajstić information content (AvgIpc) is 3.67. The van der Waals surface area contributed by atoms with E-state index >= 15 is 0 Å². The zero-order valence-electron chi connectivity index (χ0n) is 28.6. The third-order valence-electron chi connectivity index (χ3n) is 12.1. The zero-order valence-corrected chi connectivity index (χ0v) is 28.6. The van der Waals surface area contributed by atoms with E-state index in [0.29, 0.717) is 0 Å². The predicted octanol–water partition coefficient (Wildman–Crippen LogP) is 11.0. The SMILES string of the molecule is c1ccc2c(c1)-c1ccccc1C21c2ccccc2-c2ccc(-c3nc(-c4ccc5c(c4)CCCC5)nc(-c4ccc5c(c4)CCCC5)n3)cc21. The van der Waals surface area contributed by atoms with Gasteiger partial charge in [-0.1, -0.05) is 109 Å². The Kier molecular flexibility index (Phi) is 6.37. The van der Waals surface area contributed by atoms with Crippen molar-refractivity contribution in [1.29, 1.82) is 0 Å². The van der Waals surface area contributed by atoms with E-state index in [1.54, 1.807) is 0 Å². The van der Waals surface area contributed by atoms with Crippen LogP contribution >= 0.6 is 0 Å². The van der Waals surface area contributed by atoms with Gasteiger partial charge in [-0.05, 0) is 136 Å². The van der Waals surface area contributed by atoms with Crippen molar-refractivity contribution in [2.75, 3.05) is 0 Å². The van der Waals surface area contributed by atoms with Gasteiger partial charge in [-0.15, -0.1) is 0 Å². The lowest BCUT2D eigenvalue weighted by Crippen LogP contribution is -2.25. The van der Waals surface area contributed by atoms with Crippen LogP contribution < -0.4 is 0 Å². The van der Waals surface area contributed by atoms with Crippen LogP contribution in [0.5, 0.6) is 0 Å². The molecule has 0 radical (unpaired) electrons. The first-order valence-electron chi connectivity index (χ1n) is 18.7. The Bertz CT molecular complexity index is 2420. The molecule has 7 aromatic rings. The van der Waals surface area contributed by atoms with Crippen LogP contribution in [0.2, 0.25) is 0 Å². The molecule has 1 spiro atoms. The fraction of sp³-hybridized carbons (Fsp3) is 0.188. The molecule has 0 N–H and O–H groups in total. The Morgan fingerprint density at radius 2 is 0.706 bits per heavy atom. The summed E-state index contributed by atoms with van der Waals surface area (Å²) < 4.78 is 0. The summed E-state index contributed by atoms with van der Waals surface area (Å²) in [5, 5.41) is 0. The second kappa shape index (κ2) is 11.2. The van der Waals surface area contributed by atoms with E-state index in [4.69, 9.17) is 15.0 Å². The van der Waals surface area contributed by atoms with Crippen LogP contribution in [0.4, 0.5) is 0 Å². The van der Waals surface area contributed by atoms with Gasteiger partial charge in [-0.25, -0.2) is 15.0 Å². The number of hydrogen-bond donors (Lipinski definition) is 0. The van der Waals surface area contributed by atoms with E-state index in [9.17, 15) is 0 Å². The van der Waals surface area contributed by atoms with Gasteiger partial charge in [-0.2, -0.15) is 0 Å². The Hall–Kier alpha value is -5.67. The maximum atomic E-state index is 5.29. The zero-order chi connectivity index (χ0) is 33.5. The highest BCUT2D eigenvalue weighted by Gasteiger charge is 2.51. The molecule has 0 bridgehead atoms. The summed E-state index contributed by atoms with van der Waals surface area (Å²) in [5.74, 6) is 2.21. The number of aryl methyl sites for hydroxylation is 4. The molecule has 4 aliphatic rings. The largest absolute Gasteiger partial charge is 0.208 e. The van der Waals surface area contributed by atoms with Crippen molar-refractivity contribution in [2.24, 2.45) is 0 Å². The molecule has 51 heavy (non-hydrogen) atoms. The van der Waals surface area contributed by atoms with Gasteiger partial charge in [0.2, 0.25) is 0 Å². The average molecular weight is 656 g/mol. The Balaban J connectivity index is 1.14. The standard InChI is InChI=1S/C48H37N3/c1-3-13-32-27-34(23-21-30(32)11-1)45-49-46(35-24-22-31-12-2-4-14-33(31)28-35)51-47(50-45)36-25-26-40-39-17-7-10-20-43(39)48(44(40)29-36)41-18-8-5-15-37(41)38-16-6-9-19-42(38)48/h5-10,15-29H,1-4,11-14H2. The Labute approximate surface area is 299 Å². The van der Waals surface area contributed by atoms with E-state index in [-0.39, 0.29) is 0 Å². The van der Waals surface area contributed by atoms with Crippen molar-refractivity contribution in [3.8, 4) is 56.4 Å². The molecule has 244 valence electrons. The predicted molar refractivity (Wildman–Crippen MR) is 206 cm³/mol. The number of hydrogen-bond acceptors (Lipinski definition) is 3. The van der Waals surface area contributed by atoms with Crippen LogP contribution in [0.25, 0.3) is 56.4 Å². The van der Waals surface area contributed by atoms with Crippen LogP contribution in [0, 0.1) is 0 Å². The van der Waals surface area contributed by atoms with Gasteiger partial charge in [0.1, 0.15) is 0 Å². The van der Waals surface area contributed by atoms with E-state index in [2.05, 4.69) is 127 Å². The lowest BCUT2D eigenvalue weighted by molar-refractivity contribution is 0.685. The normalized spacial score (nSPS) is 15.8. The summed E-state index contributed by atoms with van der Waals surface area (Å²) in [7, 11) is 0. The molecule has 1 heterocycles. The molecule has 3 heteroatoms. The lowest BCUT2D eigenvalue weighted by Gasteiger charge is -2.30. The van der Waals surface area contributed by atoms with Crippen LogP contribution in [-0.2, 0) is 31.1 Å². The van der Waals surface area contributed by atoms with E-state index in [0.717, 1.165) is 59.8 Å². The first kappa shape index (κ1) is 29.1. The number of fused-ring (bicyclic) bond motifs is 12. The van der Waals surface area contributed by atoms with Crippen molar-refractivity contribution in [3.63, 3.8) is 0 Å². The first-order valence-corrected chi connectivity index (χ1v) is 18.7. The molecule has 0 aliphatic heterocycles. The fourth-order valence-electron chi connectivity index (χ4n) is 9.74. The molecule has 11 rings (SSSR count). The molecule has 0 amide bonds. The molecule has 4 aliphatic carbocycles. The molecule has 0 saturated carbocycles. The molecular weight excluding hydrogens is 619 g/mol. The second-order valence-corrected chi connectivity index (χ2v) is 14.8. The van der Waals surface area contributed by atoms with Crippen LogP contribution in [0.3, 0.4) is 0 Å². The van der Waals surface area contributed by atoms with Crippen LogP contribution in [0.1, 0.15) is 70.2 Å². The van der Waals surface area contributed by atoms with Crippen molar-refractivity contribution in [2.45, 2.75) is 56.8 Å². The molecule has 3 nitrogen and oxygen atoms in total. The molecular formula is C48H37N3. The van der Waals surface area contributed by atoms with Crippen LogP contribution in [0.15, 0.2) is 127 Å². The third-order valence-corrected chi connectivity index (χ3v) is 12.1. The van der Waals surface area contributed by atoms with Gasteiger partial charge in [0.15, 0.2) is 17.5 Å². The van der Waals surface area contributed by atoms with Crippen molar-refractivity contribution in [1.82, 2.24) is 15.0 Å². The Morgan fingerprint density at radius 3 is 1.18 bits per heavy atom. The van der Waals surface area contributed by atoms with Gasteiger partial charge in [0.25, 0.3) is 0 Å². The van der Waals surface area contributed by atoms with Crippen LogP contribution in [-0.4, -0.2) is 15.0 Å². The highest BCUT2D eigenvalue weighted by atomic mass is 15.0. The number of aromatic nitrogens is 3. The quantitative estimate of drug-likeness (QED) is 0.190. The lowest BCUT2D eigenvalue weighted by atomic mass is 9.70. The summed E-state index contributed by atoms with van der Waals surface area (Å²) >= 11 is 0. The molecule has 0 unspecified atom stereocenters. The van der Waals surface area contributed by atoms with Gasteiger partial charge < -0.3 is 0 Å². The summed E-state index contributed by atoms with van der Waals surface area (Å²) in [4.78, 5) is 15.8. The number of nitrogens with zero attached hydrogens (tertiary/aromatic N) is 3. The monoisotopic (exact) mass is 655 g/mol. The Morgan fingerprint density at radius 1 is 0.333 bits per heavy atom. The molecule has 0 saturated heterocycles. The summed E-state index contributed by atoms with van der Waals surface area (Å²) in [6.07, 6.45) is 9.57. The summed E-state index contributed by atoms with van der Waals surface area (Å²) in [6.45, 7) is 0. The molecule has 6 aromatic carbocycles. The van der Waals surface area contributed by atoms with E-state index in [1.165, 1.54) is 92.4 Å². The number of benzene rings is 6. The van der Waals surface area contributed by atoms with Gasteiger partial charge >= 0.3 is 0 Å². The maximum Gasteiger partial charge on any atom is 0.164 e. The minimum absolute atomic E-state index is 0.412. The van der Waals surface area contributed by atoms with Crippen molar-refractivity contribution >= 4 is 0 Å². The molecule has 0 atom stereocenters. The van der Waals surface area contributed by atoms with E-state index in [1.807, 2.05) is 0 Å². The maximum absolute atomic E-state index is 5.29. The van der Waals surface area contributed by atoms with Gasteiger partial charge in [-0.3, -0.25) is 0 Å². The summed E-state index contributed by atoms with van der Waals surface area (Å²) in [6, 6.07) is 47.6. The molecule has 0 fully saturated rings. The van der Waals surface area contributed by atoms with Gasteiger partial charge in [0, 0.05) is 16.7 Å². The number of rotatable bonds is 3. The fourth-order valence-corrected chi connectivity index (χ4v) is 9.74. The smallest absolute Gasteiger partial charge is 0.164 e. The van der Waals surface area contributed by atoms with Crippen molar-refractivity contribution < 1.29 is 0 Å². The first-order chi connectivity index (χ1) is 25.3. The highest BCUT2D eigenvalue weighted by molar-refractivity contribution is 5.95. The minimum atomic E-state index is -0.412. The van der Waals surface area contributed by atoms with E-state index < -0.39 is 5.41 Å². The topological polar surface area (TPSA) is 38.7 Å².